The molecule has 1 aliphatic rings. The topological polar surface area (TPSA) is 37.4 Å². The van der Waals surface area contributed by atoms with E-state index < -0.39 is 0 Å². The lowest BCUT2D eigenvalue weighted by atomic mass is 9.94. The third-order valence-corrected chi connectivity index (χ3v) is 2.49. The van der Waals surface area contributed by atoms with Gasteiger partial charge in [-0.05, 0) is 18.8 Å². The zero-order valence-corrected chi connectivity index (χ0v) is 7.45. The Morgan fingerprint density at radius 2 is 2.08 bits per heavy atom. The maximum absolute atomic E-state index is 10.9. The van der Waals surface area contributed by atoms with E-state index in [-0.39, 0.29) is 5.91 Å². The molecule has 68 valence electrons. The molecule has 0 spiro atoms. The summed E-state index contributed by atoms with van der Waals surface area (Å²) in [7, 11) is 0. The van der Waals surface area contributed by atoms with Gasteiger partial charge in [-0.2, -0.15) is 0 Å². The summed E-state index contributed by atoms with van der Waals surface area (Å²) in [5.41, 5.74) is 0. The largest absolute Gasteiger partial charge is 0.343 e. The standard InChI is InChI=1S/C9H15NO2/c1-8(12)10-5-2-9(3-6-10)4-7-11/h7,9H,2-6H2,1H3. The Hall–Kier alpha value is -0.860. The van der Waals surface area contributed by atoms with Crippen molar-refractivity contribution >= 4 is 12.2 Å². The fraction of sp³-hybridized carbons (Fsp3) is 0.778. The van der Waals surface area contributed by atoms with Gasteiger partial charge in [-0.1, -0.05) is 0 Å². The van der Waals surface area contributed by atoms with Crippen LogP contribution in [0.3, 0.4) is 0 Å². The molecule has 0 aromatic carbocycles. The molecule has 12 heavy (non-hydrogen) atoms. The molecule has 0 saturated carbocycles. The summed E-state index contributed by atoms with van der Waals surface area (Å²) in [6.45, 7) is 3.25. The van der Waals surface area contributed by atoms with E-state index in [1.165, 1.54) is 0 Å². The van der Waals surface area contributed by atoms with E-state index in [0.717, 1.165) is 32.2 Å². The first kappa shape index (κ1) is 9.23. The molecular weight excluding hydrogens is 154 g/mol. The molecule has 0 radical (unpaired) electrons. The van der Waals surface area contributed by atoms with Crippen LogP contribution in [0.15, 0.2) is 0 Å². The van der Waals surface area contributed by atoms with Gasteiger partial charge in [0.05, 0.1) is 0 Å². The van der Waals surface area contributed by atoms with Crippen molar-refractivity contribution in [2.75, 3.05) is 13.1 Å². The van der Waals surface area contributed by atoms with Gasteiger partial charge < -0.3 is 9.69 Å². The van der Waals surface area contributed by atoms with Crippen molar-refractivity contribution in [2.24, 2.45) is 5.92 Å². The number of rotatable bonds is 2. The van der Waals surface area contributed by atoms with Gasteiger partial charge in [0.2, 0.25) is 5.91 Å². The lowest BCUT2D eigenvalue weighted by Crippen LogP contribution is -2.37. The van der Waals surface area contributed by atoms with Crippen molar-refractivity contribution in [2.45, 2.75) is 26.2 Å². The molecule has 0 aromatic rings. The molecule has 1 heterocycles. The first-order valence-electron chi connectivity index (χ1n) is 4.43. The van der Waals surface area contributed by atoms with Gasteiger partial charge in [0, 0.05) is 26.4 Å². The number of piperidine rings is 1. The van der Waals surface area contributed by atoms with Crippen molar-refractivity contribution in [3.63, 3.8) is 0 Å². The normalized spacial score (nSPS) is 19.2. The van der Waals surface area contributed by atoms with E-state index in [1.807, 2.05) is 4.90 Å². The summed E-state index contributed by atoms with van der Waals surface area (Å²) < 4.78 is 0. The Bertz CT molecular complexity index is 171. The summed E-state index contributed by atoms with van der Waals surface area (Å²) in [4.78, 5) is 23.0. The van der Waals surface area contributed by atoms with Gasteiger partial charge >= 0.3 is 0 Å². The fourth-order valence-electron chi connectivity index (χ4n) is 1.62. The van der Waals surface area contributed by atoms with Gasteiger partial charge in [0.1, 0.15) is 6.29 Å². The molecule has 0 aromatic heterocycles. The zero-order valence-electron chi connectivity index (χ0n) is 7.45. The van der Waals surface area contributed by atoms with Crippen LogP contribution in [0.25, 0.3) is 0 Å². The number of nitrogens with zero attached hydrogens (tertiary/aromatic N) is 1. The summed E-state index contributed by atoms with van der Waals surface area (Å²) in [6.07, 6.45) is 3.61. The summed E-state index contributed by atoms with van der Waals surface area (Å²) >= 11 is 0. The lowest BCUT2D eigenvalue weighted by molar-refractivity contribution is -0.130. The molecule has 1 amide bonds. The van der Waals surface area contributed by atoms with Gasteiger partial charge in [0.25, 0.3) is 0 Å². The minimum absolute atomic E-state index is 0.152. The molecule has 0 aliphatic carbocycles. The smallest absolute Gasteiger partial charge is 0.219 e. The Kier molecular flexibility index (Phi) is 3.26. The number of likely N-dealkylation sites (tertiary alicyclic amines) is 1. The van der Waals surface area contributed by atoms with Gasteiger partial charge in [0.15, 0.2) is 0 Å². The van der Waals surface area contributed by atoms with Crippen LogP contribution < -0.4 is 0 Å². The van der Waals surface area contributed by atoms with Crippen LogP contribution in [-0.2, 0) is 9.59 Å². The number of hydrogen-bond donors (Lipinski definition) is 0. The van der Waals surface area contributed by atoms with E-state index in [4.69, 9.17) is 0 Å². The highest BCUT2D eigenvalue weighted by molar-refractivity contribution is 5.73. The lowest BCUT2D eigenvalue weighted by Gasteiger charge is -2.30. The molecule has 1 aliphatic heterocycles. The van der Waals surface area contributed by atoms with Crippen LogP contribution >= 0.6 is 0 Å². The minimum Gasteiger partial charge on any atom is -0.343 e. The average molecular weight is 169 g/mol. The first-order chi connectivity index (χ1) is 5.74. The monoisotopic (exact) mass is 169 g/mol. The van der Waals surface area contributed by atoms with E-state index >= 15 is 0 Å². The van der Waals surface area contributed by atoms with Gasteiger partial charge in [-0.15, -0.1) is 0 Å². The molecule has 0 N–H and O–H groups in total. The molecule has 3 heteroatoms. The molecule has 1 rings (SSSR count). The van der Waals surface area contributed by atoms with Crippen molar-refractivity contribution in [1.29, 1.82) is 0 Å². The zero-order chi connectivity index (χ0) is 8.97. The van der Waals surface area contributed by atoms with Gasteiger partial charge in [-0.3, -0.25) is 4.79 Å². The minimum atomic E-state index is 0.152. The van der Waals surface area contributed by atoms with Crippen molar-refractivity contribution in [3.8, 4) is 0 Å². The van der Waals surface area contributed by atoms with E-state index in [2.05, 4.69) is 0 Å². The summed E-state index contributed by atoms with van der Waals surface area (Å²) in [5.74, 6) is 0.664. The van der Waals surface area contributed by atoms with Crippen LogP contribution in [0.2, 0.25) is 0 Å². The third kappa shape index (κ3) is 2.32. The van der Waals surface area contributed by atoms with E-state index in [9.17, 15) is 9.59 Å². The quantitative estimate of drug-likeness (QED) is 0.574. The third-order valence-electron chi connectivity index (χ3n) is 2.49. The number of hydrogen-bond acceptors (Lipinski definition) is 2. The van der Waals surface area contributed by atoms with E-state index in [0.29, 0.717) is 12.3 Å². The van der Waals surface area contributed by atoms with Crippen LogP contribution in [0.1, 0.15) is 26.2 Å². The molecule has 1 fully saturated rings. The second kappa shape index (κ2) is 4.24. The molecule has 0 bridgehead atoms. The summed E-state index contributed by atoms with van der Waals surface area (Å²) in [6, 6.07) is 0. The SMILES string of the molecule is CC(=O)N1CCC(CC=O)CC1. The van der Waals surface area contributed by atoms with Crippen LogP contribution in [0.5, 0.6) is 0 Å². The Balaban J connectivity index is 2.29. The second-order valence-corrected chi connectivity index (χ2v) is 3.35. The summed E-state index contributed by atoms with van der Waals surface area (Å²) in [5, 5.41) is 0. The Labute approximate surface area is 72.7 Å². The molecule has 1 saturated heterocycles. The first-order valence-corrected chi connectivity index (χ1v) is 4.43. The predicted molar refractivity (Wildman–Crippen MR) is 45.7 cm³/mol. The highest BCUT2D eigenvalue weighted by atomic mass is 16.2. The van der Waals surface area contributed by atoms with Crippen LogP contribution in [0, 0.1) is 5.92 Å². The number of carbonyl (C=O) groups excluding carboxylic acids is 2. The predicted octanol–water partition coefficient (Wildman–Crippen LogP) is 0.834. The Morgan fingerprint density at radius 1 is 1.50 bits per heavy atom. The van der Waals surface area contributed by atoms with E-state index in [1.54, 1.807) is 6.92 Å². The molecular formula is C9H15NO2. The molecule has 3 nitrogen and oxygen atoms in total. The number of amides is 1. The van der Waals surface area contributed by atoms with Crippen molar-refractivity contribution in [1.82, 2.24) is 4.90 Å². The van der Waals surface area contributed by atoms with Crippen molar-refractivity contribution in [3.05, 3.63) is 0 Å². The Morgan fingerprint density at radius 3 is 2.50 bits per heavy atom. The highest BCUT2D eigenvalue weighted by Crippen LogP contribution is 2.18. The maximum atomic E-state index is 10.9. The fourth-order valence-corrected chi connectivity index (χ4v) is 1.62. The van der Waals surface area contributed by atoms with Crippen LogP contribution in [0.4, 0.5) is 0 Å². The molecule has 0 atom stereocenters. The van der Waals surface area contributed by atoms with Crippen LogP contribution in [-0.4, -0.2) is 30.2 Å². The number of aldehydes is 1. The second-order valence-electron chi connectivity index (χ2n) is 3.35. The maximum Gasteiger partial charge on any atom is 0.219 e. The average Bonchev–Trinajstić information content (AvgIpc) is 2.06. The highest BCUT2D eigenvalue weighted by Gasteiger charge is 2.19. The number of carbonyl (C=O) groups is 2. The van der Waals surface area contributed by atoms with Crippen molar-refractivity contribution < 1.29 is 9.59 Å². The van der Waals surface area contributed by atoms with Gasteiger partial charge in [-0.25, -0.2) is 0 Å². The molecule has 0 unspecified atom stereocenters.